The molecule has 6 heteroatoms. The van der Waals surface area contributed by atoms with Crippen LogP contribution in [0, 0.1) is 5.82 Å². The van der Waals surface area contributed by atoms with Gasteiger partial charge in [0.15, 0.2) is 0 Å². The van der Waals surface area contributed by atoms with Crippen molar-refractivity contribution in [3.05, 3.63) is 56.2 Å². The van der Waals surface area contributed by atoms with Gasteiger partial charge in [-0.25, -0.2) is 4.39 Å². The quantitative estimate of drug-likeness (QED) is 0.675. The minimum Gasteiger partial charge on any atom is -0.506 e. The lowest BCUT2D eigenvalue weighted by Crippen LogP contribution is -2.04. The maximum absolute atomic E-state index is 13.7. The number of halogens is 3. The topological polar surface area (TPSA) is 49.3 Å². The molecule has 0 bridgehead atoms. The number of phenols is 1. The lowest BCUT2D eigenvalue weighted by molar-refractivity contribution is -0.110. The first-order valence-corrected chi connectivity index (χ1v) is 7.56. The lowest BCUT2D eigenvalue weighted by atomic mass is 10.0. The third-order valence-corrected chi connectivity index (χ3v) is 4.35. The van der Waals surface area contributed by atoms with Crippen molar-refractivity contribution >= 4 is 55.1 Å². The predicted molar refractivity (Wildman–Crippen MR) is 86.4 cm³/mol. The lowest BCUT2D eigenvalue weighted by Gasteiger charge is -2.04. The van der Waals surface area contributed by atoms with Gasteiger partial charge in [-0.1, -0.05) is 12.1 Å². The van der Waals surface area contributed by atoms with Crippen LogP contribution >= 0.6 is 31.9 Å². The second kappa shape index (κ2) is 5.27. The Balaban J connectivity index is 2.14. The molecule has 0 aromatic heterocycles. The maximum Gasteiger partial charge on any atom is 0.256 e. The van der Waals surface area contributed by atoms with Gasteiger partial charge in [-0.05, 0) is 61.7 Å². The van der Waals surface area contributed by atoms with Gasteiger partial charge in [0.1, 0.15) is 11.6 Å². The zero-order valence-electron chi connectivity index (χ0n) is 10.5. The van der Waals surface area contributed by atoms with E-state index in [1.54, 1.807) is 30.3 Å². The fourth-order valence-corrected chi connectivity index (χ4v) is 3.38. The average Bonchev–Trinajstić information content (AvgIpc) is 2.75. The van der Waals surface area contributed by atoms with E-state index in [-0.39, 0.29) is 17.3 Å². The van der Waals surface area contributed by atoms with Crippen molar-refractivity contribution in [2.24, 2.45) is 0 Å². The number of amides is 1. The number of aromatic hydroxyl groups is 1. The van der Waals surface area contributed by atoms with Crippen LogP contribution in [0.1, 0.15) is 11.1 Å². The molecule has 0 spiro atoms. The highest BCUT2D eigenvalue weighted by Gasteiger charge is 2.26. The van der Waals surface area contributed by atoms with E-state index in [9.17, 15) is 14.3 Å². The van der Waals surface area contributed by atoms with Crippen LogP contribution in [0.5, 0.6) is 5.75 Å². The minimum atomic E-state index is -0.461. The van der Waals surface area contributed by atoms with Crippen molar-refractivity contribution < 1.29 is 14.3 Å². The highest BCUT2D eigenvalue weighted by molar-refractivity contribution is 9.11. The Morgan fingerprint density at radius 1 is 1.19 bits per heavy atom. The number of hydrogen-bond acceptors (Lipinski definition) is 2. The number of anilines is 1. The molecule has 2 N–H and O–H groups in total. The minimum absolute atomic E-state index is 0.0828. The first-order valence-electron chi connectivity index (χ1n) is 5.97. The van der Waals surface area contributed by atoms with E-state index in [2.05, 4.69) is 37.2 Å². The van der Waals surface area contributed by atoms with E-state index >= 15 is 0 Å². The Bertz CT molecular complexity index is 779. The van der Waals surface area contributed by atoms with Crippen LogP contribution in [0.4, 0.5) is 10.1 Å². The van der Waals surface area contributed by atoms with Gasteiger partial charge in [-0.3, -0.25) is 4.79 Å². The number of carbonyl (C=O) groups excluding carboxylic acids is 1. The maximum atomic E-state index is 13.7. The van der Waals surface area contributed by atoms with Crippen LogP contribution < -0.4 is 5.32 Å². The van der Waals surface area contributed by atoms with Crippen LogP contribution in [0.25, 0.3) is 11.6 Å². The summed E-state index contributed by atoms with van der Waals surface area (Å²) >= 11 is 6.47. The number of nitrogens with one attached hydrogen (secondary N) is 1. The summed E-state index contributed by atoms with van der Waals surface area (Å²) in [4.78, 5) is 12.0. The van der Waals surface area contributed by atoms with Crippen molar-refractivity contribution in [3.8, 4) is 5.75 Å². The monoisotopic (exact) mass is 411 g/mol. The molecule has 2 aromatic carbocycles. The molecule has 2 aromatic rings. The fraction of sp³-hybridized carbons (Fsp3) is 0. The summed E-state index contributed by atoms with van der Waals surface area (Å²) in [6, 6.07) is 7.91. The number of para-hydroxylation sites is 1. The molecule has 3 nitrogen and oxygen atoms in total. The number of benzene rings is 2. The van der Waals surface area contributed by atoms with E-state index < -0.39 is 5.82 Å². The second-order valence-electron chi connectivity index (χ2n) is 4.51. The standard InChI is InChI=1S/C15H8Br2FNO2/c16-10-5-7(6-11(17)14(10)20)4-9-8-2-1-3-12(18)13(8)19-15(9)21/h1-6,20H,(H,19,21). The van der Waals surface area contributed by atoms with Gasteiger partial charge in [0, 0.05) is 11.1 Å². The van der Waals surface area contributed by atoms with Gasteiger partial charge >= 0.3 is 0 Å². The molecular weight excluding hydrogens is 405 g/mol. The molecule has 1 aliphatic heterocycles. The van der Waals surface area contributed by atoms with Crippen molar-refractivity contribution in [2.75, 3.05) is 5.32 Å². The molecule has 0 saturated carbocycles. The first-order chi connectivity index (χ1) is 9.97. The summed E-state index contributed by atoms with van der Waals surface area (Å²) in [7, 11) is 0. The summed E-state index contributed by atoms with van der Waals surface area (Å²) < 4.78 is 14.7. The molecule has 3 rings (SSSR count). The first kappa shape index (κ1) is 14.3. The largest absolute Gasteiger partial charge is 0.506 e. The summed E-state index contributed by atoms with van der Waals surface area (Å²) in [6.45, 7) is 0. The van der Waals surface area contributed by atoms with Crippen molar-refractivity contribution in [1.82, 2.24) is 0 Å². The van der Waals surface area contributed by atoms with Gasteiger partial charge in [0.05, 0.1) is 14.6 Å². The highest BCUT2D eigenvalue weighted by Crippen LogP contribution is 2.37. The zero-order chi connectivity index (χ0) is 15.1. The van der Waals surface area contributed by atoms with Crippen molar-refractivity contribution in [2.45, 2.75) is 0 Å². The van der Waals surface area contributed by atoms with Crippen LogP contribution in [0.2, 0.25) is 0 Å². The number of rotatable bonds is 1. The zero-order valence-corrected chi connectivity index (χ0v) is 13.6. The van der Waals surface area contributed by atoms with Gasteiger partial charge in [-0.15, -0.1) is 0 Å². The molecule has 0 saturated heterocycles. The third-order valence-electron chi connectivity index (χ3n) is 3.14. The molecule has 1 heterocycles. The van der Waals surface area contributed by atoms with E-state index in [1.807, 2.05) is 0 Å². The predicted octanol–water partition coefficient (Wildman–Crippen LogP) is 4.55. The molecule has 0 aliphatic carbocycles. The van der Waals surface area contributed by atoms with Gasteiger partial charge in [0.25, 0.3) is 5.91 Å². The Hall–Kier alpha value is -1.66. The Labute approximate surface area is 136 Å². The van der Waals surface area contributed by atoms with Crippen LogP contribution in [0.3, 0.4) is 0 Å². The second-order valence-corrected chi connectivity index (χ2v) is 6.22. The molecule has 1 aliphatic rings. The van der Waals surface area contributed by atoms with Crippen LogP contribution in [-0.2, 0) is 4.79 Å². The normalized spacial score (nSPS) is 15.2. The van der Waals surface area contributed by atoms with E-state index in [0.29, 0.717) is 25.6 Å². The summed E-state index contributed by atoms with van der Waals surface area (Å²) in [5, 5.41) is 12.2. The molecule has 0 fully saturated rings. The summed E-state index contributed by atoms with van der Waals surface area (Å²) in [6.07, 6.45) is 1.65. The van der Waals surface area contributed by atoms with E-state index in [4.69, 9.17) is 0 Å². The summed E-state index contributed by atoms with van der Waals surface area (Å²) in [5.41, 5.74) is 1.81. The molecular formula is C15H8Br2FNO2. The van der Waals surface area contributed by atoms with Crippen LogP contribution in [-0.4, -0.2) is 11.0 Å². The van der Waals surface area contributed by atoms with Crippen LogP contribution in [0.15, 0.2) is 39.3 Å². The van der Waals surface area contributed by atoms with Crippen molar-refractivity contribution in [1.29, 1.82) is 0 Å². The Kier molecular flexibility index (Phi) is 3.59. The van der Waals surface area contributed by atoms with E-state index in [0.717, 1.165) is 0 Å². The van der Waals surface area contributed by atoms with Gasteiger partial charge < -0.3 is 10.4 Å². The smallest absolute Gasteiger partial charge is 0.256 e. The number of phenolic OH excluding ortho intramolecular Hbond substituents is 1. The van der Waals surface area contributed by atoms with Crippen molar-refractivity contribution in [3.63, 3.8) is 0 Å². The summed E-state index contributed by atoms with van der Waals surface area (Å²) in [5.74, 6) is -0.729. The average molecular weight is 413 g/mol. The SMILES string of the molecule is O=C1Nc2c(F)cccc2C1=Cc1cc(Br)c(O)c(Br)c1. The Morgan fingerprint density at radius 2 is 1.86 bits per heavy atom. The number of fused-ring (bicyclic) bond motifs is 1. The number of carbonyl (C=O) groups is 1. The molecule has 106 valence electrons. The molecule has 1 amide bonds. The fourth-order valence-electron chi connectivity index (χ4n) is 2.16. The molecule has 0 atom stereocenters. The van der Waals surface area contributed by atoms with Gasteiger partial charge in [-0.2, -0.15) is 0 Å². The van der Waals surface area contributed by atoms with Gasteiger partial charge in [0.2, 0.25) is 0 Å². The van der Waals surface area contributed by atoms with E-state index in [1.165, 1.54) is 6.07 Å². The highest BCUT2D eigenvalue weighted by atomic mass is 79.9. The molecule has 0 unspecified atom stereocenters. The molecule has 0 radical (unpaired) electrons. The Morgan fingerprint density at radius 3 is 2.52 bits per heavy atom. The third kappa shape index (κ3) is 2.49. The molecule has 21 heavy (non-hydrogen) atoms. The number of hydrogen-bond donors (Lipinski definition) is 2.